The Bertz CT molecular complexity index is 675. The molecule has 0 aliphatic rings. The minimum atomic E-state index is -0.110. The van der Waals surface area contributed by atoms with Crippen LogP contribution in [-0.2, 0) is 39.1 Å². The quantitative estimate of drug-likeness (QED) is 0.514. The summed E-state index contributed by atoms with van der Waals surface area (Å²) in [6, 6.07) is 4.20. The van der Waals surface area contributed by atoms with E-state index >= 15 is 0 Å². The molecule has 1 aromatic carbocycles. The van der Waals surface area contributed by atoms with Gasteiger partial charge in [0.1, 0.15) is 5.75 Å². The van der Waals surface area contributed by atoms with Crippen LogP contribution in [0.25, 0.3) is 16.0 Å². The Hall–Kier alpha value is -0.916. The van der Waals surface area contributed by atoms with Gasteiger partial charge in [-0.2, -0.15) is 39.5 Å². The summed E-state index contributed by atoms with van der Waals surface area (Å²) in [7, 11) is 7.00. The van der Waals surface area contributed by atoms with Crippen LogP contribution in [0.5, 0.6) is 5.75 Å². The summed E-state index contributed by atoms with van der Waals surface area (Å²) >= 11 is 1.51. The van der Waals surface area contributed by atoms with Crippen molar-refractivity contribution in [3.63, 3.8) is 0 Å². The molecule has 0 saturated heterocycles. The molecular formula is C22H37N4OSTi. The Balaban J connectivity index is 0. The molecule has 0 aliphatic heterocycles. The number of thiazole rings is 1. The first-order valence-electron chi connectivity index (χ1n) is 9.32. The normalized spacial score (nSPS) is 10.7. The van der Waals surface area contributed by atoms with Gasteiger partial charge in [-0.25, -0.2) is 0 Å². The smallest absolute Gasteiger partial charge is 0.668 e. The Kier molecular flexibility index (Phi) is 14.8. The van der Waals surface area contributed by atoms with Gasteiger partial charge in [0.15, 0.2) is 0 Å². The van der Waals surface area contributed by atoms with Crippen LogP contribution in [0.15, 0.2) is 23.7 Å². The number of hydrogen-bond donors (Lipinski definition) is 1. The second kappa shape index (κ2) is 14.2. The van der Waals surface area contributed by atoms with Gasteiger partial charge in [0.2, 0.25) is 0 Å². The summed E-state index contributed by atoms with van der Waals surface area (Å²) in [4.78, 5) is 4.17. The third-order valence-electron chi connectivity index (χ3n) is 3.67. The van der Waals surface area contributed by atoms with Crippen molar-refractivity contribution >= 4 is 16.5 Å². The Morgan fingerprint density at radius 2 is 1.45 bits per heavy atom. The van der Waals surface area contributed by atoms with Gasteiger partial charge in [-0.05, 0) is 44.6 Å². The maximum Gasteiger partial charge on any atom is 3.00 e. The van der Waals surface area contributed by atoms with Crippen molar-refractivity contribution in [1.29, 1.82) is 0 Å². The predicted molar refractivity (Wildman–Crippen MR) is 125 cm³/mol. The predicted octanol–water partition coefficient (Wildman–Crippen LogP) is 6.89. The van der Waals surface area contributed by atoms with Crippen molar-refractivity contribution in [2.24, 2.45) is 0 Å². The van der Waals surface area contributed by atoms with Gasteiger partial charge in [0.05, 0.1) is 0 Å². The van der Waals surface area contributed by atoms with E-state index < -0.39 is 0 Å². The van der Waals surface area contributed by atoms with Crippen LogP contribution in [0.2, 0.25) is 0 Å². The van der Waals surface area contributed by atoms with E-state index in [0.29, 0.717) is 12.3 Å². The van der Waals surface area contributed by atoms with Gasteiger partial charge in [0, 0.05) is 0 Å². The van der Waals surface area contributed by atoms with Crippen LogP contribution in [0.4, 0.5) is 5.13 Å². The van der Waals surface area contributed by atoms with Crippen LogP contribution in [0, 0.1) is 0 Å². The van der Waals surface area contributed by atoms with E-state index in [1.165, 1.54) is 16.9 Å². The second-order valence-electron chi connectivity index (χ2n) is 8.56. The first-order valence-corrected chi connectivity index (χ1v) is 10.2. The molecule has 0 saturated carbocycles. The van der Waals surface area contributed by atoms with E-state index in [1.807, 2.05) is 5.38 Å². The second-order valence-corrected chi connectivity index (χ2v) is 9.43. The number of aromatic nitrogens is 1. The molecule has 2 rings (SSSR count). The van der Waals surface area contributed by atoms with Gasteiger partial charge in [-0.15, -0.1) is 0 Å². The van der Waals surface area contributed by atoms with Crippen LogP contribution < -0.4 is 0 Å². The van der Waals surface area contributed by atoms with Crippen LogP contribution in [-0.4, -0.2) is 38.3 Å². The molecule has 0 spiro atoms. The average molecular weight is 453 g/mol. The van der Waals surface area contributed by atoms with Crippen molar-refractivity contribution in [2.45, 2.75) is 58.9 Å². The number of nitrogens with zero attached hydrogens (tertiary/aromatic N) is 4. The number of phenolic OH excluding ortho intramolecular Hbond substituents is 1. The molecule has 1 radical (unpaired) electrons. The fourth-order valence-corrected chi connectivity index (χ4v) is 2.77. The van der Waals surface area contributed by atoms with E-state index in [-0.39, 0.29) is 32.5 Å². The van der Waals surface area contributed by atoms with Crippen LogP contribution in [0.1, 0.15) is 58.2 Å². The molecule has 0 unspecified atom stereocenters. The monoisotopic (exact) mass is 453 g/mol. The first kappa shape index (κ1) is 30.3. The van der Waals surface area contributed by atoms with Crippen molar-refractivity contribution in [2.75, 3.05) is 28.2 Å². The molecule has 1 N–H and O–H groups in total. The van der Waals surface area contributed by atoms with Crippen LogP contribution >= 0.6 is 11.3 Å². The maximum atomic E-state index is 10.7. The summed E-state index contributed by atoms with van der Waals surface area (Å²) < 4.78 is 0. The molecule has 0 amide bonds. The van der Waals surface area contributed by atoms with Gasteiger partial charge in [0.25, 0.3) is 0 Å². The Morgan fingerprint density at radius 3 is 1.83 bits per heavy atom. The van der Waals surface area contributed by atoms with E-state index in [1.54, 1.807) is 34.4 Å². The first-order chi connectivity index (χ1) is 12.9. The minimum Gasteiger partial charge on any atom is -0.668 e. The number of rotatable bonds is 3. The standard InChI is InChI=1S/C18H25N2OS.2C2H6N.Ti/c1-17(2,3)13-9-12(11-20-16-19-7-8-22-16)15(21)14(10-13)18(4,5)6;2*1-3-2;/h7-10H,11H2,1-6H3,(H-,19,20,21);2*1-2H3;/q3*-1;+3. The van der Waals surface area contributed by atoms with Crippen molar-refractivity contribution in [3.05, 3.63) is 56.4 Å². The molecule has 2 aromatic rings. The molecule has 29 heavy (non-hydrogen) atoms. The van der Waals surface area contributed by atoms with Gasteiger partial charge >= 0.3 is 21.7 Å². The van der Waals surface area contributed by atoms with Crippen molar-refractivity contribution in [1.82, 2.24) is 4.98 Å². The molecule has 1 heterocycles. The summed E-state index contributed by atoms with van der Waals surface area (Å²) in [5.41, 5.74) is 2.99. The molecule has 0 fully saturated rings. The summed E-state index contributed by atoms with van der Waals surface area (Å²) in [5, 5.41) is 24.8. The van der Waals surface area contributed by atoms with Gasteiger partial charge in [-0.3, -0.25) is 0 Å². The number of aromatic hydroxyl groups is 1. The molecule has 161 valence electrons. The van der Waals surface area contributed by atoms with Gasteiger partial charge < -0.3 is 26.0 Å². The van der Waals surface area contributed by atoms with Crippen LogP contribution in [0.3, 0.4) is 0 Å². The molecule has 0 atom stereocenters. The third kappa shape index (κ3) is 11.2. The molecule has 5 nitrogen and oxygen atoms in total. The Morgan fingerprint density at radius 1 is 0.931 bits per heavy atom. The zero-order valence-electron chi connectivity index (χ0n) is 19.7. The molecular weight excluding hydrogens is 416 g/mol. The average Bonchev–Trinajstić information content (AvgIpc) is 3.06. The topological polar surface area (TPSA) is 75.4 Å². The Labute approximate surface area is 197 Å². The van der Waals surface area contributed by atoms with E-state index in [9.17, 15) is 5.11 Å². The largest absolute Gasteiger partial charge is 3.00 e. The maximum absolute atomic E-state index is 10.7. The van der Waals surface area contributed by atoms with E-state index in [2.05, 4.69) is 74.6 Å². The molecule has 0 bridgehead atoms. The fourth-order valence-electron chi connectivity index (χ4n) is 2.27. The SMILES string of the molecule is CC(C)(C)c1cc(C[N-]c2nccs2)c(O)c(C(C)(C)C)c1.C[N-]C.C[N-]C.[Ti+3]. The van der Waals surface area contributed by atoms with Gasteiger partial charge in [-0.1, -0.05) is 59.9 Å². The zero-order valence-corrected chi connectivity index (χ0v) is 22.0. The molecule has 1 aromatic heterocycles. The molecule has 0 aliphatic carbocycles. The molecule has 7 heteroatoms. The van der Waals surface area contributed by atoms with E-state index in [0.717, 1.165) is 16.3 Å². The van der Waals surface area contributed by atoms with Crippen molar-refractivity contribution in [3.8, 4) is 5.75 Å². The van der Waals surface area contributed by atoms with Crippen molar-refractivity contribution < 1.29 is 26.8 Å². The summed E-state index contributed by atoms with van der Waals surface area (Å²) in [5.74, 6) is 0.362. The minimum absolute atomic E-state index is 0. The number of benzene rings is 1. The summed E-state index contributed by atoms with van der Waals surface area (Å²) in [6.07, 6.45) is 1.75. The number of phenols is 1. The number of hydrogen-bond acceptors (Lipinski definition) is 3. The summed E-state index contributed by atoms with van der Waals surface area (Å²) in [6.45, 7) is 13.4. The third-order valence-corrected chi connectivity index (χ3v) is 4.37. The fraction of sp³-hybridized carbons (Fsp3) is 0.591. The zero-order chi connectivity index (χ0) is 22.0. The van der Waals surface area contributed by atoms with E-state index in [4.69, 9.17) is 0 Å².